The van der Waals surface area contributed by atoms with Gasteiger partial charge >= 0.3 is 0 Å². The molecule has 0 aromatic rings. The average Bonchev–Trinajstić information content (AvgIpc) is 2.57. The van der Waals surface area contributed by atoms with Gasteiger partial charge in [0, 0.05) is 24.7 Å². The lowest BCUT2D eigenvalue weighted by Gasteiger charge is -2.42. The molecule has 1 saturated carbocycles. The first-order valence-electron chi connectivity index (χ1n) is 7.84. The topological polar surface area (TPSA) is 15.3 Å². The van der Waals surface area contributed by atoms with Crippen LogP contribution in [0.4, 0.5) is 0 Å². The number of nitrogens with zero attached hydrogens (tertiary/aromatic N) is 1. The highest BCUT2D eigenvalue weighted by molar-refractivity contribution is 4.93. The number of hydrogen-bond donors (Lipinski definition) is 1. The Morgan fingerprint density at radius 2 is 1.78 bits per heavy atom. The van der Waals surface area contributed by atoms with Crippen LogP contribution in [0.3, 0.4) is 0 Å². The van der Waals surface area contributed by atoms with Crippen molar-refractivity contribution in [2.45, 2.75) is 77.9 Å². The van der Waals surface area contributed by atoms with Crippen molar-refractivity contribution in [1.82, 2.24) is 10.2 Å². The zero-order valence-corrected chi connectivity index (χ0v) is 13.0. The van der Waals surface area contributed by atoms with E-state index in [4.69, 9.17) is 0 Å². The molecule has 0 bridgehead atoms. The Morgan fingerprint density at radius 3 is 2.33 bits per heavy atom. The fourth-order valence-electron chi connectivity index (χ4n) is 3.98. The second-order valence-electron chi connectivity index (χ2n) is 7.75. The molecule has 2 fully saturated rings. The number of likely N-dealkylation sites (N-methyl/N-ethyl adjacent to an activating group) is 1. The van der Waals surface area contributed by atoms with Crippen LogP contribution in [0.5, 0.6) is 0 Å². The molecule has 106 valence electrons. The maximum absolute atomic E-state index is 3.99. The van der Waals surface area contributed by atoms with E-state index in [0.29, 0.717) is 5.41 Å². The molecule has 1 saturated heterocycles. The summed E-state index contributed by atoms with van der Waals surface area (Å²) >= 11 is 0. The summed E-state index contributed by atoms with van der Waals surface area (Å²) in [7, 11) is 2.26. The molecule has 1 aliphatic carbocycles. The lowest BCUT2D eigenvalue weighted by atomic mass is 9.69. The second-order valence-corrected chi connectivity index (χ2v) is 7.75. The number of likely N-dealkylation sites (tertiary alicyclic amines) is 1. The molecule has 2 aliphatic rings. The maximum Gasteiger partial charge on any atom is 0.0212 e. The van der Waals surface area contributed by atoms with Crippen LogP contribution in [0, 0.1) is 11.3 Å². The molecule has 1 N–H and O–H groups in total. The van der Waals surface area contributed by atoms with E-state index in [9.17, 15) is 0 Å². The van der Waals surface area contributed by atoms with Crippen LogP contribution < -0.4 is 5.32 Å². The van der Waals surface area contributed by atoms with Crippen LogP contribution in [0.25, 0.3) is 0 Å². The zero-order valence-electron chi connectivity index (χ0n) is 13.0. The van der Waals surface area contributed by atoms with Crippen molar-refractivity contribution in [3.8, 4) is 0 Å². The van der Waals surface area contributed by atoms with E-state index in [1.165, 1.54) is 38.6 Å². The highest BCUT2D eigenvalue weighted by atomic mass is 15.2. The first-order chi connectivity index (χ1) is 8.38. The smallest absolute Gasteiger partial charge is 0.0212 e. The summed E-state index contributed by atoms with van der Waals surface area (Å²) in [4.78, 5) is 2.49. The van der Waals surface area contributed by atoms with Gasteiger partial charge in [-0.1, -0.05) is 33.6 Å². The lowest BCUT2D eigenvalue weighted by Crippen LogP contribution is -2.48. The van der Waals surface area contributed by atoms with Gasteiger partial charge < -0.3 is 10.2 Å². The average molecular weight is 252 g/mol. The third kappa shape index (κ3) is 3.27. The van der Waals surface area contributed by atoms with E-state index >= 15 is 0 Å². The molecule has 18 heavy (non-hydrogen) atoms. The summed E-state index contributed by atoms with van der Waals surface area (Å²) < 4.78 is 0. The van der Waals surface area contributed by atoms with E-state index in [1.54, 1.807) is 0 Å². The summed E-state index contributed by atoms with van der Waals surface area (Å²) in [6.07, 6.45) is 6.98. The van der Waals surface area contributed by atoms with Gasteiger partial charge in [0.05, 0.1) is 0 Å². The SMILES string of the molecule is CC1CC(NC2CCCCC2C(C)(C)C)CN1C. The minimum Gasteiger partial charge on any atom is -0.310 e. The van der Waals surface area contributed by atoms with E-state index in [-0.39, 0.29) is 0 Å². The van der Waals surface area contributed by atoms with Crippen molar-refractivity contribution in [1.29, 1.82) is 0 Å². The molecule has 0 spiro atoms. The Labute approximate surface area is 114 Å². The molecular weight excluding hydrogens is 220 g/mol. The Balaban J connectivity index is 1.94. The summed E-state index contributed by atoms with van der Waals surface area (Å²) in [6, 6.07) is 2.22. The number of nitrogens with one attached hydrogen (secondary N) is 1. The summed E-state index contributed by atoms with van der Waals surface area (Å²) in [6.45, 7) is 10.8. The Kier molecular flexibility index (Phi) is 4.38. The van der Waals surface area contributed by atoms with Crippen molar-refractivity contribution < 1.29 is 0 Å². The van der Waals surface area contributed by atoms with Gasteiger partial charge in [0.2, 0.25) is 0 Å². The van der Waals surface area contributed by atoms with Gasteiger partial charge in [0.1, 0.15) is 0 Å². The standard InChI is InChI=1S/C16H32N2/c1-12-10-13(11-18(12)5)17-15-9-7-6-8-14(15)16(2,3)4/h12-15,17H,6-11H2,1-5H3. The van der Waals surface area contributed by atoms with E-state index in [1.807, 2.05) is 0 Å². The van der Waals surface area contributed by atoms with Crippen LogP contribution in [0.1, 0.15) is 59.8 Å². The number of rotatable bonds is 2. The fourth-order valence-corrected chi connectivity index (χ4v) is 3.98. The Hall–Kier alpha value is -0.0800. The van der Waals surface area contributed by atoms with Gasteiger partial charge in [-0.3, -0.25) is 0 Å². The first-order valence-corrected chi connectivity index (χ1v) is 7.84. The molecule has 4 unspecified atom stereocenters. The minimum atomic E-state index is 0.453. The fraction of sp³-hybridized carbons (Fsp3) is 1.00. The summed E-state index contributed by atoms with van der Waals surface area (Å²) in [5.41, 5.74) is 0.453. The molecule has 2 nitrogen and oxygen atoms in total. The van der Waals surface area contributed by atoms with Gasteiger partial charge in [-0.15, -0.1) is 0 Å². The van der Waals surface area contributed by atoms with E-state index in [0.717, 1.165) is 24.0 Å². The molecule has 0 amide bonds. The van der Waals surface area contributed by atoms with E-state index < -0.39 is 0 Å². The summed E-state index contributed by atoms with van der Waals surface area (Å²) in [5, 5.41) is 3.99. The van der Waals surface area contributed by atoms with Gasteiger partial charge in [-0.2, -0.15) is 0 Å². The monoisotopic (exact) mass is 252 g/mol. The molecule has 1 aliphatic heterocycles. The van der Waals surface area contributed by atoms with Crippen LogP contribution in [-0.2, 0) is 0 Å². The molecule has 0 aromatic carbocycles. The summed E-state index contributed by atoms with van der Waals surface area (Å²) in [5.74, 6) is 0.854. The lowest BCUT2D eigenvalue weighted by molar-refractivity contribution is 0.123. The predicted octanol–water partition coefficient (Wildman–Crippen LogP) is 3.27. The quantitative estimate of drug-likeness (QED) is 0.811. The molecule has 2 heteroatoms. The van der Waals surface area contributed by atoms with Gasteiger partial charge in [0.15, 0.2) is 0 Å². The molecular formula is C16H32N2. The van der Waals surface area contributed by atoms with Gasteiger partial charge in [-0.25, -0.2) is 0 Å². The van der Waals surface area contributed by atoms with Crippen molar-refractivity contribution >= 4 is 0 Å². The highest BCUT2D eigenvalue weighted by Crippen LogP contribution is 2.38. The highest BCUT2D eigenvalue weighted by Gasteiger charge is 2.36. The Bertz CT molecular complexity index is 259. The van der Waals surface area contributed by atoms with E-state index in [2.05, 4.69) is 45.0 Å². The van der Waals surface area contributed by atoms with Crippen molar-refractivity contribution in [2.24, 2.45) is 11.3 Å². The van der Waals surface area contributed by atoms with Crippen molar-refractivity contribution in [3.63, 3.8) is 0 Å². The van der Waals surface area contributed by atoms with Gasteiger partial charge in [0.25, 0.3) is 0 Å². The molecule has 0 radical (unpaired) electrons. The zero-order chi connectivity index (χ0) is 13.3. The third-order valence-electron chi connectivity index (χ3n) is 5.21. The van der Waals surface area contributed by atoms with Crippen molar-refractivity contribution in [2.75, 3.05) is 13.6 Å². The van der Waals surface area contributed by atoms with Crippen LogP contribution in [0.15, 0.2) is 0 Å². The molecule has 4 atom stereocenters. The van der Waals surface area contributed by atoms with Crippen LogP contribution in [0.2, 0.25) is 0 Å². The molecule has 1 heterocycles. The number of hydrogen-bond acceptors (Lipinski definition) is 2. The predicted molar refractivity (Wildman–Crippen MR) is 78.8 cm³/mol. The van der Waals surface area contributed by atoms with Crippen LogP contribution in [-0.4, -0.2) is 36.6 Å². The third-order valence-corrected chi connectivity index (χ3v) is 5.21. The minimum absolute atomic E-state index is 0.453. The first kappa shape index (κ1) is 14.3. The Morgan fingerprint density at radius 1 is 1.11 bits per heavy atom. The molecule has 0 aromatic heterocycles. The van der Waals surface area contributed by atoms with Crippen molar-refractivity contribution in [3.05, 3.63) is 0 Å². The largest absolute Gasteiger partial charge is 0.310 e. The second kappa shape index (κ2) is 5.50. The van der Waals surface area contributed by atoms with Gasteiger partial charge in [-0.05, 0) is 44.6 Å². The molecule has 2 rings (SSSR count). The maximum atomic E-state index is 3.99. The van der Waals surface area contributed by atoms with Crippen LogP contribution >= 0.6 is 0 Å². The normalized spacial score (nSPS) is 39.2.